The molecule has 0 aliphatic heterocycles. The number of benzene rings is 1. The van der Waals surface area contributed by atoms with E-state index in [2.05, 4.69) is 4.98 Å². The first-order chi connectivity index (χ1) is 9.61. The standard InChI is InChI=1S/C15H14N2O3/c1-3-20-15(19)17-7-9(2)13-11(8-17)16-10-5-4-6-12(18)14(10)13/h4-8,16H,3H2,1-2H3. The summed E-state index contributed by atoms with van der Waals surface area (Å²) in [6, 6.07) is 5.11. The quantitative estimate of drug-likeness (QED) is 0.739. The average Bonchev–Trinajstić information content (AvgIpc) is 2.79. The summed E-state index contributed by atoms with van der Waals surface area (Å²) in [7, 11) is 0. The molecule has 2 aromatic heterocycles. The van der Waals surface area contributed by atoms with Crippen LogP contribution in [0, 0.1) is 6.92 Å². The predicted molar refractivity (Wildman–Crippen MR) is 77.2 cm³/mol. The van der Waals surface area contributed by atoms with Crippen LogP contribution in [0.25, 0.3) is 21.8 Å². The molecule has 20 heavy (non-hydrogen) atoms. The van der Waals surface area contributed by atoms with Crippen LogP contribution >= 0.6 is 0 Å². The van der Waals surface area contributed by atoms with Gasteiger partial charge in [-0.25, -0.2) is 4.79 Å². The molecule has 0 saturated carbocycles. The zero-order chi connectivity index (χ0) is 14.3. The first kappa shape index (κ1) is 12.5. The van der Waals surface area contributed by atoms with Gasteiger partial charge in [0.25, 0.3) is 0 Å². The number of nitrogens with zero attached hydrogens (tertiary/aromatic N) is 1. The second-order valence-corrected chi connectivity index (χ2v) is 4.64. The largest absolute Gasteiger partial charge is 0.449 e. The van der Waals surface area contributed by atoms with Crippen LogP contribution in [0.3, 0.4) is 0 Å². The van der Waals surface area contributed by atoms with Crippen LogP contribution in [0.1, 0.15) is 12.5 Å². The van der Waals surface area contributed by atoms with E-state index in [4.69, 9.17) is 4.74 Å². The van der Waals surface area contributed by atoms with Crippen LogP contribution in [0.15, 0.2) is 35.4 Å². The minimum absolute atomic E-state index is 0.0225. The Morgan fingerprint density at radius 1 is 1.25 bits per heavy atom. The molecule has 0 unspecified atom stereocenters. The number of H-pyrrole nitrogens is 1. The molecule has 3 aromatic rings. The topological polar surface area (TPSA) is 64.1 Å². The number of aromatic amines is 1. The molecule has 0 fully saturated rings. The number of rotatable bonds is 1. The Morgan fingerprint density at radius 3 is 2.80 bits per heavy atom. The van der Waals surface area contributed by atoms with E-state index in [-0.39, 0.29) is 5.43 Å². The Labute approximate surface area is 114 Å². The number of nitrogens with one attached hydrogen (secondary N) is 1. The Morgan fingerprint density at radius 2 is 2.05 bits per heavy atom. The number of aryl methyl sites for hydroxylation is 1. The summed E-state index contributed by atoms with van der Waals surface area (Å²) in [6.07, 6.45) is 2.90. The molecular formula is C15H14N2O3. The van der Waals surface area contributed by atoms with Crippen molar-refractivity contribution in [2.45, 2.75) is 13.8 Å². The van der Waals surface area contributed by atoms with Gasteiger partial charge in [0, 0.05) is 17.8 Å². The van der Waals surface area contributed by atoms with Crippen LogP contribution in [-0.4, -0.2) is 22.3 Å². The van der Waals surface area contributed by atoms with E-state index in [1.54, 1.807) is 31.5 Å². The highest BCUT2D eigenvalue weighted by Gasteiger charge is 2.13. The fourth-order valence-electron chi connectivity index (χ4n) is 2.49. The van der Waals surface area contributed by atoms with Crippen LogP contribution in [0.4, 0.5) is 4.79 Å². The fraction of sp³-hybridized carbons (Fsp3) is 0.200. The van der Waals surface area contributed by atoms with E-state index >= 15 is 0 Å². The highest BCUT2D eigenvalue weighted by molar-refractivity contribution is 6.08. The number of aromatic nitrogens is 2. The molecule has 0 aliphatic carbocycles. The first-order valence-corrected chi connectivity index (χ1v) is 6.42. The number of fused-ring (bicyclic) bond motifs is 3. The smallest absolute Gasteiger partial charge is 0.418 e. The molecule has 0 aliphatic rings. The van der Waals surface area contributed by atoms with Gasteiger partial charge in [0.15, 0.2) is 5.43 Å². The van der Waals surface area contributed by atoms with Crippen molar-refractivity contribution in [3.05, 3.63) is 46.4 Å². The van der Waals surface area contributed by atoms with E-state index in [1.165, 1.54) is 4.57 Å². The minimum Gasteiger partial charge on any atom is -0.449 e. The second-order valence-electron chi connectivity index (χ2n) is 4.64. The van der Waals surface area contributed by atoms with E-state index in [1.807, 2.05) is 13.0 Å². The Kier molecular flexibility index (Phi) is 2.82. The molecule has 0 bridgehead atoms. The van der Waals surface area contributed by atoms with Gasteiger partial charge in [-0.2, -0.15) is 0 Å². The lowest BCUT2D eigenvalue weighted by Gasteiger charge is -2.07. The number of hydrogen-bond donors (Lipinski definition) is 1. The second kappa shape index (κ2) is 4.52. The van der Waals surface area contributed by atoms with Gasteiger partial charge in [-0.3, -0.25) is 9.36 Å². The third kappa shape index (κ3) is 1.79. The van der Waals surface area contributed by atoms with Gasteiger partial charge in [0.05, 0.1) is 23.0 Å². The molecule has 0 saturated heterocycles. The minimum atomic E-state index is -0.432. The van der Waals surface area contributed by atoms with Crippen molar-refractivity contribution >= 4 is 27.9 Å². The summed E-state index contributed by atoms with van der Waals surface area (Å²) in [5.74, 6) is 0. The number of pyridine rings is 1. The molecule has 1 aromatic carbocycles. The summed E-state index contributed by atoms with van der Waals surface area (Å²) in [5, 5.41) is 1.52. The Hall–Kier alpha value is -2.56. The summed E-state index contributed by atoms with van der Waals surface area (Å²) < 4.78 is 6.37. The summed E-state index contributed by atoms with van der Waals surface area (Å²) in [6.45, 7) is 3.95. The average molecular weight is 270 g/mol. The van der Waals surface area contributed by atoms with Gasteiger partial charge in [0.2, 0.25) is 0 Å². The normalized spacial score (nSPS) is 11.1. The third-order valence-electron chi connectivity index (χ3n) is 3.29. The molecule has 2 heterocycles. The number of carbonyl (C=O) groups excluding carboxylic acids is 1. The van der Waals surface area contributed by atoms with Gasteiger partial charge < -0.3 is 9.72 Å². The van der Waals surface area contributed by atoms with Gasteiger partial charge in [0.1, 0.15) is 0 Å². The molecule has 1 N–H and O–H groups in total. The van der Waals surface area contributed by atoms with E-state index in [9.17, 15) is 9.59 Å². The Balaban J connectivity index is 2.34. The molecule has 5 heteroatoms. The summed E-state index contributed by atoms with van der Waals surface area (Å²) in [4.78, 5) is 27.0. The maximum Gasteiger partial charge on any atom is 0.418 e. The molecule has 0 amide bonds. The van der Waals surface area contributed by atoms with Gasteiger partial charge in [-0.15, -0.1) is 0 Å². The third-order valence-corrected chi connectivity index (χ3v) is 3.29. The molecule has 102 valence electrons. The fourth-order valence-corrected chi connectivity index (χ4v) is 2.49. The molecule has 0 radical (unpaired) electrons. The maximum absolute atomic E-state index is 12.0. The number of carbonyl (C=O) groups is 1. The zero-order valence-corrected chi connectivity index (χ0v) is 11.3. The van der Waals surface area contributed by atoms with Crippen LogP contribution in [-0.2, 0) is 4.74 Å². The van der Waals surface area contributed by atoms with Crippen molar-refractivity contribution in [2.75, 3.05) is 6.61 Å². The monoisotopic (exact) mass is 270 g/mol. The van der Waals surface area contributed by atoms with Gasteiger partial charge in [-0.1, -0.05) is 6.07 Å². The van der Waals surface area contributed by atoms with Crippen LogP contribution < -0.4 is 5.43 Å². The highest BCUT2D eigenvalue weighted by Crippen LogP contribution is 2.25. The van der Waals surface area contributed by atoms with Gasteiger partial charge >= 0.3 is 6.09 Å². The van der Waals surface area contributed by atoms with Crippen molar-refractivity contribution in [3.8, 4) is 0 Å². The van der Waals surface area contributed by atoms with E-state index < -0.39 is 6.09 Å². The molecule has 0 atom stereocenters. The van der Waals surface area contributed by atoms with Crippen molar-refractivity contribution in [1.29, 1.82) is 0 Å². The maximum atomic E-state index is 12.0. The molecule has 5 nitrogen and oxygen atoms in total. The summed E-state index contributed by atoms with van der Waals surface area (Å²) >= 11 is 0. The lowest BCUT2D eigenvalue weighted by atomic mass is 10.1. The predicted octanol–water partition coefficient (Wildman–Crippen LogP) is 2.80. The van der Waals surface area contributed by atoms with Crippen molar-refractivity contribution in [2.24, 2.45) is 0 Å². The van der Waals surface area contributed by atoms with Crippen molar-refractivity contribution in [3.63, 3.8) is 0 Å². The SMILES string of the molecule is CCOC(=O)n1cc(C)c2c(c1)[nH]c1cccc(=O)c12. The Bertz CT molecular complexity index is 874. The molecular weight excluding hydrogens is 256 g/mol. The van der Waals surface area contributed by atoms with Crippen LogP contribution in [0.2, 0.25) is 0 Å². The lowest BCUT2D eigenvalue weighted by Crippen LogP contribution is -2.13. The molecule has 3 rings (SSSR count). The van der Waals surface area contributed by atoms with Gasteiger partial charge in [-0.05, 0) is 31.5 Å². The summed E-state index contributed by atoms with van der Waals surface area (Å²) in [5.41, 5.74) is 2.35. The first-order valence-electron chi connectivity index (χ1n) is 6.42. The van der Waals surface area contributed by atoms with E-state index in [0.717, 1.165) is 22.0 Å². The van der Waals surface area contributed by atoms with Crippen molar-refractivity contribution < 1.29 is 9.53 Å². The van der Waals surface area contributed by atoms with E-state index in [0.29, 0.717) is 12.0 Å². The number of ether oxygens (including phenoxy) is 1. The lowest BCUT2D eigenvalue weighted by molar-refractivity contribution is 0.154. The highest BCUT2D eigenvalue weighted by atomic mass is 16.5. The van der Waals surface area contributed by atoms with Crippen LogP contribution in [0.5, 0.6) is 0 Å². The van der Waals surface area contributed by atoms with Crippen molar-refractivity contribution in [1.82, 2.24) is 9.55 Å². The molecule has 0 spiro atoms. The zero-order valence-electron chi connectivity index (χ0n) is 11.3. The number of hydrogen-bond acceptors (Lipinski definition) is 3.